The number of hydrogen-bond donors (Lipinski definition) is 1. The highest BCUT2D eigenvalue weighted by molar-refractivity contribution is 7.99. The molecule has 104 valence electrons. The van der Waals surface area contributed by atoms with Crippen molar-refractivity contribution in [1.82, 2.24) is 4.98 Å². The van der Waals surface area contributed by atoms with Gasteiger partial charge in [-0.2, -0.15) is 8.78 Å². The van der Waals surface area contributed by atoms with E-state index in [2.05, 4.69) is 10.3 Å². The average molecular weight is 288 g/mol. The van der Waals surface area contributed by atoms with Gasteiger partial charge in [0.2, 0.25) is 0 Å². The maximum absolute atomic E-state index is 12.1. The van der Waals surface area contributed by atoms with Gasteiger partial charge in [0.1, 0.15) is 11.1 Å². The molecule has 1 saturated heterocycles. The van der Waals surface area contributed by atoms with Crippen LogP contribution in [0, 0.1) is 0 Å². The smallest absolute Gasteiger partial charge is 0.290 e. The first-order valence-corrected chi connectivity index (χ1v) is 6.86. The van der Waals surface area contributed by atoms with Gasteiger partial charge in [-0.1, -0.05) is 0 Å². The van der Waals surface area contributed by atoms with Crippen molar-refractivity contribution in [2.45, 2.75) is 36.1 Å². The Kier molecular flexibility index (Phi) is 5.09. The van der Waals surface area contributed by atoms with E-state index in [1.165, 1.54) is 12.3 Å². The van der Waals surface area contributed by atoms with Crippen LogP contribution < -0.4 is 5.32 Å². The molecule has 0 bridgehead atoms. The molecule has 2 heterocycles. The zero-order chi connectivity index (χ0) is 13.7. The highest BCUT2D eigenvalue weighted by atomic mass is 32.2. The molecular formula is C12H14F2N2O2S. The zero-order valence-corrected chi connectivity index (χ0v) is 11.0. The minimum atomic E-state index is -2.50. The topological polar surface area (TPSA) is 51.2 Å². The van der Waals surface area contributed by atoms with Crippen LogP contribution in [-0.4, -0.2) is 29.4 Å². The highest BCUT2D eigenvalue weighted by Gasteiger charge is 2.21. The molecule has 1 fully saturated rings. The summed E-state index contributed by atoms with van der Waals surface area (Å²) >= 11 is 0.372. The number of rotatable bonds is 4. The number of ether oxygens (including phenoxy) is 1. The Morgan fingerprint density at radius 2 is 2.32 bits per heavy atom. The van der Waals surface area contributed by atoms with E-state index in [1.54, 1.807) is 6.07 Å². The van der Waals surface area contributed by atoms with Crippen LogP contribution in [-0.2, 0) is 9.53 Å². The molecule has 1 N–H and O–H groups in total. The van der Waals surface area contributed by atoms with Crippen LogP contribution in [0.1, 0.15) is 19.3 Å². The number of pyridine rings is 1. The summed E-state index contributed by atoms with van der Waals surface area (Å²) in [6, 6.07) is 3.01. The number of hydrogen-bond acceptors (Lipinski definition) is 4. The molecular weight excluding hydrogens is 274 g/mol. The van der Waals surface area contributed by atoms with Crippen LogP contribution in [0.5, 0.6) is 0 Å². The van der Waals surface area contributed by atoms with Crippen molar-refractivity contribution in [2.75, 3.05) is 11.9 Å². The van der Waals surface area contributed by atoms with Crippen LogP contribution in [0.15, 0.2) is 23.4 Å². The fourth-order valence-corrected chi connectivity index (χ4v) is 2.23. The summed E-state index contributed by atoms with van der Waals surface area (Å²) in [5, 5.41) is 2.89. The maximum Gasteiger partial charge on any atom is 0.290 e. The van der Waals surface area contributed by atoms with E-state index in [9.17, 15) is 13.6 Å². The van der Waals surface area contributed by atoms with Crippen LogP contribution in [0.4, 0.5) is 14.5 Å². The van der Waals surface area contributed by atoms with E-state index in [0.717, 1.165) is 12.8 Å². The van der Waals surface area contributed by atoms with Gasteiger partial charge in [-0.15, -0.1) is 0 Å². The van der Waals surface area contributed by atoms with Crippen LogP contribution >= 0.6 is 11.8 Å². The molecule has 2 rings (SSSR count). The third kappa shape index (κ3) is 4.43. The van der Waals surface area contributed by atoms with Crippen molar-refractivity contribution in [1.29, 1.82) is 0 Å². The van der Waals surface area contributed by atoms with Gasteiger partial charge in [0.15, 0.2) is 0 Å². The first-order chi connectivity index (χ1) is 9.15. The van der Waals surface area contributed by atoms with Crippen LogP contribution in [0.3, 0.4) is 0 Å². The standard InChI is InChI=1S/C12H14F2N2O2S/c13-12(14)19-10-5-4-8(7-15-10)16-11(17)9-3-1-2-6-18-9/h4-5,7,9,12H,1-3,6H2,(H,16,17). The van der Waals surface area contributed by atoms with Gasteiger partial charge in [-0.05, 0) is 43.2 Å². The minimum absolute atomic E-state index is 0.212. The molecule has 0 radical (unpaired) electrons. The Morgan fingerprint density at radius 3 is 2.89 bits per heavy atom. The number of nitrogens with one attached hydrogen (secondary N) is 1. The van der Waals surface area contributed by atoms with Crippen LogP contribution in [0.2, 0.25) is 0 Å². The molecule has 1 aliphatic heterocycles. The second kappa shape index (κ2) is 6.81. The highest BCUT2D eigenvalue weighted by Crippen LogP contribution is 2.24. The molecule has 1 unspecified atom stereocenters. The number of anilines is 1. The molecule has 1 aliphatic rings. The first-order valence-electron chi connectivity index (χ1n) is 5.98. The van der Waals surface area contributed by atoms with Crippen molar-refractivity contribution in [2.24, 2.45) is 0 Å². The maximum atomic E-state index is 12.1. The minimum Gasteiger partial charge on any atom is -0.368 e. The molecule has 7 heteroatoms. The molecule has 1 atom stereocenters. The number of halogens is 2. The predicted molar refractivity (Wildman–Crippen MR) is 68.3 cm³/mol. The van der Waals surface area contributed by atoms with E-state index in [0.29, 0.717) is 30.5 Å². The largest absolute Gasteiger partial charge is 0.368 e. The number of thioether (sulfide) groups is 1. The summed E-state index contributed by atoms with van der Waals surface area (Å²) in [4.78, 5) is 15.7. The molecule has 1 aromatic rings. The summed E-state index contributed by atoms with van der Waals surface area (Å²) in [5.74, 6) is -2.71. The van der Waals surface area contributed by atoms with Gasteiger partial charge in [0.05, 0.1) is 11.9 Å². The zero-order valence-electron chi connectivity index (χ0n) is 10.1. The molecule has 1 amide bonds. The van der Waals surface area contributed by atoms with Gasteiger partial charge < -0.3 is 10.1 Å². The molecule has 1 aromatic heterocycles. The van der Waals surface area contributed by atoms with Gasteiger partial charge >= 0.3 is 0 Å². The summed E-state index contributed by atoms with van der Waals surface area (Å²) in [5.41, 5.74) is 0.484. The predicted octanol–water partition coefficient (Wildman–Crippen LogP) is 2.90. The number of nitrogens with zero attached hydrogens (tertiary/aromatic N) is 1. The number of alkyl halides is 2. The van der Waals surface area contributed by atoms with E-state index in [1.807, 2.05) is 0 Å². The van der Waals surface area contributed by atoms with E-state index in [4.69, 9.17) is 4.74 Å². The molecule has 0 aromatic carbocycles. The number of carbonyl (C=O) groups is 1. The number of aromatic nitrogens is 1. The van der Waals surface area contributed by atoms with E-state index in [-0.39, 0.29) is 10.9 Å². The van der Waals surface area contributed by atoms with E-state index >= 15 is 0 Å². The molecule has 0 saturated carbocycles. The van der Waals surface area contributed by atoms with Crippen molar-refractivity contribution >= 4 is 23.4 Å². The molecule has 4 nitrogen and oxygen atoms in total. The SMILES string of the molecule is O=C(Nc1ccc(SC(F)F)nc1)C1CCCCO1. The number of amides is 1. The third-order valence-electron chi connectivity index (χ3n) is 2.69. The van der Waals surface area contributed by atoms with Gasteiger partial charge in [0, 0.05) is 6.61 Å². The Morgan fingerprint density at radius 1 is 1.47 bits per heavy atom. The van der Waals surface area contributed by atoms with Crippen molar-refractivity contribution in [3.05, 3.63) is 18.3 Å². The quantitative estimate of drug-likeness (QED) is 0.866. The molecule has 19 heavy (non-hydrogen) atoms. The number of carbonyl (C=O) groups excluding carboxylic acids is 1. The second-order valence-electron chi connectivity index (χ2n) is 4.11. The molecule has 0 spiro atoms. The second-order valence-corrected chi connectivity index (χ2v) is 5.12. The first kappa shape index (κ1) is 14.2. The van der Waals surface area contributed by atoms with Crippen molar-refractivity contribution < 1.29 is 18.3 Å². The van der Waals surface area contributed by atoms with Crippen molar-refractivity contribution in [3.63, 3.8) is 0 Å². The monoisotopic (exact) mass is 288 g/mol. The Labute approximate surface area is 113 Å². The van der Waals surface area contributed by atoms with Gasteiger partial charge in [0.25, 0.3) is 11.7 Å². The lowest BCUT2D eigenvalue weighted by Crippen LogP contribution is -2.33. The summed E-state index contributed by atoms with van der Waals surface area (Å²) in [6.45, 7) is 0.598. The Bertz CT molecular complexity index is 422. The third-order valence-corrected chi connectivity index (χ3v) is 3.35. The van der Waals surface area contributed by atoms with Crippen molar-refractivity contribution in [3.8, 4) is 0 Å². The van der Waals surface area contributed by atoms with Crippen LogP contribution in [0.25, 0.3) is 0 Å². The summed E-state index contributed by atoms with van der Waals surface area (Å²) in [7, 11) is 0. The molecule has 0 aliphatic carbocycles. The summed E-state index contributed by atoms with van der Waals surface area (Å²) in [6.07, 6.45) is 3.60. The van der Waals surface area contributed by atoms with E-state index < -0.39 is 11.9 Å². The van der Waals surface area contributed by atoms with Gasteiger partial charge in [-0.3, -0.25) is 4.79 Å². The Hall–Kier alpha value is -1.21. The Balaban J connectivity index is 1.89. The lowest BCUT2D eigenvalue weighted by Gasteiger charge is -2.21. The fraction of sp³-hybridized carbons (Fsp3) is 0.500. The lowest BCUT2D eigenvalue weighted by atomic mass is 10.1. The average Bonchev–Trinajstić information content (AvgIpc) is 2.41. The lowest BCUT2D eigenvalue weighted by molar-refractivity contribution is -0.129. The summed E-state index contributed by atoms with van der Waals surface area (Å²) < 4.78 is 29.6. The normalized spacial score (nSPS) is 19.4. The fourth-order valence-electron chi connectivity index (χ4n) is 1.79. The van der Waals surface area contributed by atoms with Gasteiger partial charge in [-0.25, -0.2) is 4.98 Å².